The molecule has 2 aromatic carbocycles. The lowest BCUT2D eigenvalue weighted by Gasteiger charge is -2.34. The number of hydrogen-bond donors (Lipinski definition) is 2. The van der Waals surface area contributed by atoms with Crippen LogP contribution in [0.25, 0.3) is 0 Å². The molecule has 2 amide bonds. The first-order valence-electron chi connectivity index (χ1n) is 9.00. The van der Waals surface area contributed by atoms with Gasteiger partial charge < -0.3 is 15.3 Å². The van der Waals surface area contributed by atoms with E-state index in [0.717, 1.165) is 18.4 Å². The molecule has 0 aliphatic carbocycles. The van der Waals surface area contributed by atoms with Crippen molar-refractivity contribution in [1.29, 1.82) is 0 Å². The molecule has 1 aliphatic rings. The van der Waals surface area contributed by atoms with Gasteiger partial charge in [0.25, 0.3) is 5.91 Å². The first-order valence-corrected chi connectivity index (χ1v) is 9.00. The summed E-state index contributed by atoms with van der Waals surface area (Å²) in [6.45, 7) is 0.546. The number of rotatable bonds is 6. The monoisotopic (exact) mass is 366 g/mol. The fourth-order valence-electron chi connectivity index (χ4n) is 3.35. The van der Waals surface area contributed by atoms with Gasteiger partial charge in [0.1, 0.15) is 6.04 Å². The van der Waals surface area contributed by atoms with E-state index in [-0.39, 0.29) is 18.2 Å². The molecule has 1 fully saturated rings. The third-order valence-electron chi connectivity index (χ3n) is 4.59. The number of nitrogens with zero attached hydrogens (tertiary/aromatic N) is 1. The van der Waals surface area contributed by atoms with E-state index in [2.05, 4.69) is 5.32 Å². The molecule has 1 aliphatic heterocycles. The summed E-state index contributed by atoms with van der Waals surface area (Å²) < 4.78 is 0. The average Bonchev–Trinajstić information content (AvgIpc) is 2.64. The van der Waals surface area contributed by atoms with E-state index in [0.29, 0.717) is 24.2 Å². The summed E-state index contributed by atoms with van der Waals surface area (Å²) in [5.41, 5.74) is 1.88. The molecule has 0 radical (unpaired) electrons. The number of nitrogens with one attached hydrogen (secondary N) is 1. The molecule has 2 N–H and O–H groups in total. The van der Waals surface area contributed by atoms with Crippen molar-refractivity contribution in [2.75, 3.05) is 11.9 Å². The minimum atomic E-state index is -0.931. The van der Waals surface area contributed by atoms with Crippen LogP contribution in [0.4, 0.5) is 5.69 Å². The van der Waals surface area contributed by atoms with Crippen LogP contribution in [0.5, 0.6) is 0 Å². The van der Waals surface area contributed by atoms with Crippen LogP contribution in [-0.4, -0.2) is 34.3 Å². The van der Waals surface area contributed by atoms with Gasteiger partial charge in [-0.15, -0.1) is 0 Å². The number of piperidine rings is 1. The Morgan fingerprint density at radius 1 is 1.07 bits per heavy atom. The lowest BCUT2D eigenvalue weighted by Crippen LogP contribution is -2.43. The van der Waals surface area contributed by atoms with Gasteiger partial charge in [-0.05, 0) is 36.1 Å². The Labute approximate surface area is 157 Å². The second-order valence-corrected chi connectivity index (χ2v) is 6.62. The summed E-state index contributed by atoms with van der Waals surface area (Å²) in [5, 5.41) is 11.8. The standard InChI is InChI=1S/C21H22N2O4/c24-18-11-4-5-12-23(18)20(16-8-2-1-3-9-16)21(27)22-17-10-6-7-15(13-17)14-19(25)26/h1-3,6-10,13,20H,4-5,11-12,14H2,(H,22,27)(H,25,26). The molecule has 3 rings (SSSR count). The van der Waals surface area contributed by atoms with E-state index in [4.69, 9.17) is 5.11 Å². The van der Waals surface area contributed by atoms with E-state index in [1.54, 1.807) is 29.2 Å². The van der Waals surface area contributed by atoms with Crippen molar-refractivity contribution in [3.63, 3.8) is 0 Å². The van der Waals surface area contributed by atoms with Crippen LogP contribution in [0.2, 0.25) is 0 Å². The summed E-state index contributed by atoms with van der Waals surface area (Å²) in [4.78, 5) is 38.0. The normalized spacial score (nSPS) is 15.3. The van der Waals surface area contributed by atoms with Crippen molar-refractivity contribution in [3.8, 4) is 0 Å². The molecule has 1 heterocycles. The SMILES string of the molecule is O=C(O)Cc1cccc(NC(=O)C(c2ccccc2)N2CCCCC2=O)c1. The summed E-state index contributed by atoms with van der Waals surface area (Å²) in [6, 6.07) is 15.3. The molecule has 1 saturated heterocycles. The van der Waals surface area contributed by atoms with Gasteiger partial charge in [0.05, 0.1) is 6.42 Å². The molecule has 1 atom stereocenters. The molecule has 0 aromatic heterocycles. The minimum absolute atomic E-state index is 0.0233. The van der Waals surface area contributed by atoms with E-state index < -0.39 is 12.0 Å². The zero-order valence-electron chi connectivity index (χ0n) is 14.9. The van der Waals surface area contributed by atoms with E-state index >= 15 is 0 Å². The molecular formula is C21H22N2O4. The average molecular weight is 366 g/mol. The molecule has 0 saturated carbocycles. The number of hydrogen-bond acceptors (Lipinski definition) is 3. The number of carboxylic acids is 1. The van der Waals surface area contributed by atoms with Gasteiger partial charge in [-0.3, -0.25) is 14.4 Å². The Bertz CT molecular complexity index is 835. The Morgan fingerprint density at radius 2 is 1.85 bits per heavy atom. The predicted octanol–water partition coefficient (Wildman–Crippen LogP) is 3.01. The highest BCUT2D eigenvalue weighted by atomic mass is 16.4. The number of carbonyl (C=O) groups excluding carboxylic acids is 2. The van der Waals surface area contributed by atoms with Crippen molar-refractivity contribution in [2.45, 2.75) is 31.7 Å². The maximum Gasteiger partial charge on any atom is 0.307 e. The summed E-state index contributed by atoms with van der Waals surface area (Å²) >= 11 is 0. The Morgan fingerprint density at radius 3 is 2.56 bits per heavy atom. The number of likely N-dealkylation sites (tertiary alicyclic amines) is 1. The van der Waals surface area contributed by atoms with Crippen LogP contribution >= 0.6 is 0 Å². The van der Waals surface area contributed by atoms with Crippen LogP contribution in [0.3, 0.4) is 0 Å². The Kier molecular flexibility index (Phi) is 5.86. The van der Waals surface area contributed by atoms with Gasteiger partial charge in [-0.25, -0.2) is 0 Å². The fourth-order valence-corrected chi connectivity index (χ4v) is 3.35. The maximum atomic E-state index is 13.1. The van der Waals surface area contributed by atoms with Crippen molar-refractivity contribution in [2.24, 2.45) is 0 Å². The highest BCUT2D eigenvalue weighted by molar-refractivity contribution is 5.98. The minimum Gasteiger partial charge on any atom is -0.481 e. The number of benzene rings is 2. The van der Waals surface area contributed by atoms with Gasteiger partial charge in [0, 0.05) is 18.7 Å². The first-order chi connectivity index (χ1) is 13.0. The summed E-state index contributed by atoms with van der Waals surface area (Å²) in [7, 11) is 0. The zero-order valence-corrected chi connectivity index (χ0v) is 14.9. The Balaban J connectivity index is 1.85. The van der Waals surface area contributed by atoms with Crippen LogP contribution in [0.15, 0.2) is 54.6 Å². The number of carboxylic acid groups (broad SMARTS) is 1. The molecule has 2 aromatic rings. The van der Waals surface area contributed by atoms with Crippen LogP contribution in [0, 0.1) is 0 Å². The molecule has 0 bridgehead atoms. The van der Waals surface area contributed by atoms with Gasteiger partial charge in [-0.2, -0.15) is 0 Å². The van der Waals surface area contributed by atoms with Crippen LogP contribution in [0.1, 0.15) is 36.4 Å². The first kappa shape index (κ1) is 18.6. The third kappa shape index (κ3) is 4.73. The Hall–Kier alpha value is -3.15. The van der Waals surface area contributed by atoms with Crippen LogP contribution < -0.4 is 5.32 Å². The largest absolute Gasteiger partial charge is 0.481 e. The summed E-state index contributed by atoms with van der Waals surface area (Å²) in [5.74, 6) is -1.26. The molecule has 27 heavy (non-hydrogen) atoms. The maximum absolute atomic E-state index is 13.1. The summed E-state index contributed by atoms with van der Waals surface area (Å²) in [6.07, 6.45) is 2.05. The smallest absolute Gasteiger partial charge is 0.307 e. The lowest BCUT2D eigenvalue weighted by atomic mass is 10.00. The van der Waals surface area contributed by atoms with Crippen molar-refractivity contribution in [1.82, 2.24) is 4.90 Å². The van der Waals surface area contributed by atoms with Gasteiger partial charge in [0.15, 0.2) is 0 Å². The van der Waals surface area contributed by atoms with E-state index in [1.807, 2.05) is 30.3 Å². The van der Waals surface area contributed by atoms with Crippen molar-refractivity contribution in [3.05, 3.63) is 65.7 Å². The van der Waals surface area contributed by atoms with E-state index in [1.165, 1.54) is 0 Å². The molecule has 6 nitrogen and oxygen atoms in total. The molecule has 0 spiro atoms. The number of anilines is 1. The van der Waals surface area contributed by atoms with Crippen molar-refractivity contribution >= 4 is 23.5 Å². The highest BCUT2D eigenvalue weighted by Crippen LogP contribution is 2.27. The molecular weight excluding hydrogens is 344 g/mol. The van der Waals surface area contributed by atoms with Gasteiger partial charge in [-0.1, -0.05) is 42.5 Å². The highest BCUT2D eigenvalue weighted by Gasteiger charge is 2.32. The topological polar surface area (TPSA) is 86.7 Å². The van der Waals surface area contributed by atoms with Gasteiger partial charge in [0.2, 0.25) is 5.91 Å². The molecule has 140 valence electrons. The lowest BCUT2D eigenvalue weighted by molar-refractivity contribution is -0.141. The van der Waals surface area contributed by atoms with Crippen molar-refractivity contribution < 1.29 is 19.5 Å². The number of amides is 2. The second-order valence-electron chi connectivity index (χ2n) is 6.62. The fraction of sp³-hybridized carbons (Fsp3) is 0.286. The number of carbonyl (C=O) groups is 3. The second kappa shape index (κ2) is 8.49. The van der Waals surface area contributed by atoms with E-state index in [9.17, 15) is 14.4 Å². The van der Waals surface area contributed by atoms with Gasteiger partial charge >= 0.3 is 5.97 Å². The zero-order chi connectivity index (χ0) is 19.2. The quantitative estimate of drug-likeness (QED) is 0.823. The molecule has 6 heteroatoms. The van der Waals surface area contributed by atoms with Crippen LogP contribution in [-0.2, 0) is 20.8 Å². The third-order valence-corrected chi connectivity index (χ3v) is 4.59. The number of aliphatic carboxylic acids is 1. The predicted molar refractivity (Wildman–Crippen MR) is 101 cm³/mol. The molecule has 1 unspecified atom stereocenters.